The molecule has 3 atom stereocenters. The van der Waals surface area contributed by atoms with Crippen LogP contribution in [0.2, 0.25) is 5.02 Å². The maximum atomic E-state index is 13.7. The van der Waals surface area contributed by atoms with Gasteiger partial charge in [-0.3, -0.25) is 0 Å². The highest BCUT2D eigenvalue weighted by molar-refractivity contribution is 7.91. The lowest BCUT2D eigenvalue weighted by atomic mass is 10.2. The van der Waals surface area contributed by atoms with Crippen LogP contribution in [0.5, 0.6) is 11.6 Å². The van der Waals surface area contributed by atoms with Gasteiger partial charge < -0.3 is 23.5 Å². The van der Waals surface area contributed by atoms with Gasteiger partial charge in [-0.2, -0.15) is 0 Å². The Hall–Kier alpha value is -3.08. The van der Waals surface area contributed by atoms with E-state index in [-0.39, 0.29) is 53.1 Å². The van der Waals surface area contributed by atoms with Crippen molar-refractivity contribution in [2.75, 3.05) is 20.3 Å². The van der Waals surface area contributed by atoms with Crippen molar-refractivity contribution in [2.24, 2.45) is 0 Å². The summed E-state index contributed by atoms with van der Waals surface area (Å²) in [6, 6.07) is 0.684. The Morgan fingerprint density at radius 1 is 1.18 bits per heavy atom. The number of halogens is 4. The Bertz CT molecular complexity index is 1440. The second-order valence-electron chi connectivity index (χ2n) is 9.15. The molecule has 40 heavy (non-hydrogen) atoms. The van der Waals surface area contributed by atoms with Gasteiger partial charge in [0.15, 0.2) is 27.2 Å². The van der Waals surface area contributed by atoms with Crippen molar-refractivity contribution in [3.8, 4) is 23.0 Å². The minimum atomic E-state index is -5.02. The Morgan fingerprint density at radius 3 is 2.50 bits per heavy atom. The number of hydrogen-bond donors (Lipinski definition) is 0. The zero-order valence-corrected chi connectivity index (χ0v) is 23.4. The SMILES string of the molecule is COC[C@@H]1COc2c(ccnc2OC(F)(F)F)-c2nnc(CS(=O)(=O)[C@@H](C)[C@@H](OC(C)C)c3ncc(Cl)cn3)n21. The normalized spacial score (nSPS) is 17.0. The maximum Gasteiger partial charge on any atom is 0.574 e. The van der Waals surface area contributed by atoms with Crippen LogP contribution in [0.15, 0.2) is 24.7 Å². The first-order chi connectivity index (χ1) is 18.8. The van der Waals surface area contributed by atoms with E-state index in [1.165, 1.54) is 37.1 Å². The topological polar surface area (TPSA) is 140 Å². The number of ether oxygens (including phenoxy) is 4. The van der Waals surface area contributed by atoms with E-state index < -0.39 is 45.2 Å². The van der Waals surface area contributed by atoms with E-state index >= 15 is 0 Å². The van der Waals surface area contributed by atoms with E-state index in [0.29, 0.717) is 0 Å². The maximum absolute atomic E-state index is 13.7. The van der Waals surface area contributed by atoms with E-state index in [4.69, 9.17) is 25.8 Å². The molecule has 4 rings (SSSR count). The number of sulfone groups is 1. The van der Waals surface area contributed by atoms with Gasteiger partial charge in [0.05, 0.1) is 34.6 Å². The van der Waals surface area contributed by atoms with Crippen LogP contribution in [-0.2, 0) is 25.1 Å². The average Bonchev–Trinajstić information content (AvgIpc) is 3.19. The fourth-order valence-corrected chi connectivity index (χ4v) is 5.61. The molecular weight excluding hydrogens is 581 g/mol. The van der Waals surface area contributed by atoms with Gasteiger partial charge in [0.1, 0.15) is 24.3 Å². The molecule has 0 N–H and O–H groups in total. The van der Waals surface area contributed by atoms with Crippen molar-refractivity contribution < 1.29 is 40.5 Å². The summed E-state index contributed by atoms with van der Waals surface area (Å²) in [6.07, 6.45) is -2.62. The van der Waals surface area contributed by atoms with Gasteiger partial charge in [-0.25, -0.2) is 23.4 Å². The van der Waals surface area contributed by atoms with Crippen LogP contribution < -0.4 is 9.47 Å². The monoisotopic (exact) mass is 606 g/mol. The lowest BCUT2D eigenvalue weighted by Gasteiger charge is -2.25. The quantitative estimate of drug-likeness (QED) is 0.333. The molecule has 0 spiro atoms. The second-order valence-corrected chi connectivity index (χ2v) is 11.9. The van der Waals surface area contributed by atoms with Gasteiger partial charge in [-0.15, -0.1) is 23.4 Å². The van der Waals surface area contributed by atoms with Crippen molar-refractivity contribution in [1.29, 1.82) is 0 Å². The molecule has 4 heterocycles. The fourth-order valence-electron chi connectivity index (χ4n) is 4.13. The molecule has 218 valence electrons. The van der Waals surface area contributed by atoms with E-state index in [9.17, 15) is 21.6 Å². The van der Waals surface area contributed by atoms with E-state index in [1.54, 1.807) is 13.8 Å². The van der Waals surface area contributed by atoms with E-state index in [1.807, 2.05) is 0 Å². The summed E-state index contributed by atoms with van der Waals surface area (Å²) in [5.74, 6) is -1.47. The number of hydrogen-bond acceptors (Lipinski definition) is 11. The fraction of sp³-hybridized carbons (Fsp3) is 0.522. The molecule has 0 unspecified atom stereocenters. The number of rotatable bonds is 10. The molecule has 12 nitrogen and oxygen atoms in total. The molecule has 0 saturated heterocycles. The van der Waals surface area contributed by atoms with Crippen LogP contribution in [0, 0.1) is 0 Å². The van der Waals surface area contributed by atoms with Crippen molar-refractivity contribution >= 4 is 21.4 Å². The predicted octanol–water partition coefficient (Wildman–Crippen LogP) is 3.73. The Morgan fingerprint density at radius 2 is 1.88 bits per heavy atom. The van der Waals surface area contributed by atoms with Crippen LogP contribution in [-0.4, -0.2) is 76.2 Å². The second kappa shape index (κ2) is 11.8. The minimum Gasteiger partial charge on any atom is -0.485 e. The van der Waals surface area contributed by atoms with E-state index in [0.717, 1.165) is 6.20 Å². The molecule has 1 aliphatic rings. The van der Waals surface area contributed by atoms with Crippen molar-refractivity contribution in [3.05, 3.63) is 41.3 Å². The van der Waals surface area contributed by atoms with Gasteiger partial charge in [0.25, 0.3) is 5.88 Å². The third kappa shape index (κ3) is 6.62. The lowest BCUT2D eigenvalue weighted by molar-refractivity contribution is -0.276. The first kappa shape index (κ1) is 29.9. The van der Waals surface area contributed by atoms with Crippen LogP contribution in [0.3, 0.4) is 0 Å². The van der Waals surface area contributed by atoms with Gasteiger partial charge in [-0.05, 0) is 26.8 Å². The molecule has 0 fully saturated rings. The smallest absolute Gasteiger partial charge is 0.485 e. The summed E-state index contributed by atoms with van der Waals surface area (Å²) in [6.45, 7) is 4.78. The van der Waals surface area contributed by atoms with Crippen LogP contribution in [0.1, 0.15) is 44.6 Å². The zero-order valence-electron chi connectivity index (χ0n) is 21.8. The molecular formula is C23H26ClF3N6O6S. The van der Waals surface area contributed by atoms with Gasteiger partial charge in [0.2, 0.25) is 0 Å². The molecule has 0 aromatic carbocycles. The van der Waals surface area contributed by atoms with E-state index in [2.05, 4.69) is 29.9 Å². The Kier molecular flexibility index (Phi) is 8.82. The highest BCUT2D eigenvalue weighted by Crippen LogP contribution is 2.42. The molecule has 3 aromatic rings. The number of pyridine rings is 1. The third-order valence-electron chi connectivity index (χ3n) is 5.87. The number of alkyl halides is 3. The molecule has 0 radical (unpaired) electrons. The molecule has 17 heteroatoms. The summed E-state index contributed by atoms with van der Waals surface area (Å²) in [4.78, 5) is 11.9. The number of aromatic nitrogens is 6. The number of methoxy groups -OCH3 is 1. The molecule has 0 amide bonds. The highest BCUT2D eigenvalue weighted by atomic mass is 35.5. The van der Waals surface area contributed by atoms with Gasteiger partial charge >= 0.3 is 6.36 Å². The number of nitrogens with zero attached hydrogens (tertiary/aromatic N) is 6. The summed E-state index contributed by atoms with van der Waals surface area (Å²) in [7, 11) is -2.59. The zero-order chi connectivity index (χ0) is 29.2. The third-order valence-corrected chi connectivity index (χ3v) is 8.11. The summed E-state index contributed by atoms with van der Waals surface area (Å²) >= 11 is 5.89. The van der Waals surface area contributed by atoms with Crippen LogP contribution in [0.25, 0.3) is 11.4 Å². The first-order valence-electron chi connectivity index (χ1n) is 12.0. The van der Waals surface area contributed by atoms with Crippen molar-refractivity contribution in [3.63, 3.8) is 0 Å². The summed E-state index contributed by atoms with van der Waals surface area (Å²) in [5, 5.41) is 7.36. The lowest BCUT2D eigenvalue weighted by Crippen LogP contribution is -2.32. The Balaban J connectivity index is 1.73. The van der Waals surface area contributed by atoms with Crippen LogP contribution >= 0.6 is 11.6 Å². The number of fused-ring (bicyclic) bond motifs is 3. The summed E-state index contributed by atoms with van der Waals surface area (Å²) < 4.78 is 88.7. The standard InChI is InChI=1S/C23H26ClF3N6O6S/c1-12(2)38-18(20-29-7-14(24)8-30-20)13(3)40(34,35)11-17-31-32-21-16-5-6-28-22(39-23(25,26)27)19(16)37-10-15(9-36-4)33(17)21/h5-8,12-13,15,18H,9-11H2,1-4H3/t13-,15+,18+/m0/s1. The summed E-state index contributed by atoms with van der Waals surface area (Å²) in [5.41, 5.74) is 0.0904. The van der Waals surface area contributed by atoms with Gasteiger partial charge in [-0.1, -0.05) is 11.6 Å². The average molecular weight is 607 g/mol. The Labute approximate surface area is 232 Å². The first-order valence-corrected chi connectivity index (χ1v) is 14.0. The molecule has 1 aliphatic heterocycles. The molecule has 3 aromatic heterocycles. The van der Waals surface area contributed by atoms with Gasteiger partial charge in [0, 0.05) is 25.7 Å². The van der Waals surface area contributed by atoms with Crippen molar-refractivity contribution in [2.45, 2.75) is 56.4 Å². The highest BCUT2D eigenvalue weighted by Gasteiger charge is 2.39. The van der Waals surface area contributed by atoms with Crippen molar-refractivity contribution in [1.82, 2.24) is 29.7 Å². The molecule has 0 aliphatic carbocycles. The van der Waals surface area contributed by atoms with Crippen LogP contribution in [0.4, 0.5) is 13.2 Å². The largest absolute Gasteiger partial charge is 0.574 e. The minimum absolute atomic E-state index is 0.0161. The molecule has 0 bridgehead atoms. The predicted molar refractivity (Wildman–Crippen MR) is 134 cm³/mol. The molecule has 0 saturated carbocycles.